The topological polar surface area (TPSA) is 69.6 Å². The number of anilines is 1. The van der Waals surface area contributed by atoms with Crippen molar-refractivity contribution in [3.8, 4) is 0 Å². The molecule has 48 valence electrons. The minimum absolute atomic E-state index is 0.192. The van der Waals surface area contributed by atoms with Crippen LogP contribution in [0.15, 0.2) is 12.7 Å². The third-order valence-corrected chi connectivity index (χ3v) is 0.761. The Bertz CT molecular complexity index is 202. The quantitative estimate of drug-likeness (QED) is 0.538. The van der Waals surface area contributed by atoms with E-state index in [9.17, 15) is 0 Å². The zero-order valence-electron chi connectivity index (χ0n) is 4.86. The molecule has 0 aromatic carbocycles. The fraction of sp³-hybridized carbons (Fsp3) is 0.250. The zero-order valence-corrected chi connectivity index (χ0v) is 4.86. The summed E-state index contributed by atoms with van der Waals surface area (Å²) in [5.74, 6) is 0.192. The Labute approximate surface area is 52.2 Å². The van der Waals surface area contributed by atoms with Gasteiger partial charge in [0.15, 0.2) is 0 Å². The summed E-state index contributed by atoms with van der Waals surface area (Å²) in [5.41, 5.74) is 5.17. The summed E-state index contributed by atoms with van der Waals surface area (Å²) in [6.07, 6.45) is 1.67. The summed E-state index contributed by atoms with van der Waals surface area (Å²) < 4.78 is 0. The molecule has 0 bridgehead atoms. The lowest BCUT2D eigenvalue weighted by Gasteiger charge is -1.85. The van der Waals surface area contributed by atoms with Gasteiger partial charge in [0.2, 0.25) is 0 Å². The molecular formula is C4H7N5. The van der Waals surface area contributed by atoms with Crippen LogP contribution in [0.2, 0.25) is 0 Å². The molecule has 0 fully saturated rings. The number of aromatic nitrogens is 4. The Hall–Kier alpha value is -1.39. The number of nitrogens with zero attached hydrogens (tertiary/aromatic N) is 4. The van der Waals surface area contributed by atoms with Crippen LogP contribution in [0.25, 0.3) is 0 Å². The van der Waals surface area contributed by atoms with Crippen molar-refractivity contribution in [2.24, 2.45) is 0 Å². The second kappa shape index (κ2) is 2.25. The van der Waals surface area contributed by atoms with Gasteiger partial charge in [0.05, 0.1) is 6.54 Å². The normalized spacial score (nSPS) is 9.33. The predicted molar refractivity (Wildman–Crippen MR) is 32.4 cm³/mol. The lowest BCUT2D eigenvalue weighted by atomic mass is 10.7. The fourth-order valence-corrected chi connectivity index (χ4v) is 0.449. The number of nitrogen functional groups attached to an aromatic ring is 1. The van der Waals surface area contributed by atoms with Gasteiger partial charge in [-0.2, -0.15) is 4.80 Å². The molecular weight excluding hydrogens is 118 g/mol. The molecule has 9 heavy (non-hydrogen) atoms. The summed E-state index contributed by atoms with van der Waals surface area (Å²) >= 11 is 0. The van der Waals surface area contributed by atoms with Crippen molar-refractivity contribution >= 4 is 5.95 Å². The Kier molecular flexibility index (Phi) is 1.44. The molecule has 5 nitrogen and oxygen atoms in total. The monoisotopic (exact) mass is 125 g/mol. The average molecular weight is 125 g/mol. The van der Waals surface area contributed by atoms with E-state index in [1.165, 1.54) is 4.80 Å². The van der Waals surface area contributed by atoms with Gasteiger partial charge in [-0.05, 0) is 5.21 Å². The lowest BCUT2D eigenvalue weighted by molar-refractivity contribution is 0.583. The molecule has 5 heteroatoms. The molecule has 1 heterocycles. The molecule has 0 aliphatic rings. The molecule has 1 aromatic rings. The van der Waals surface area contributed by atoms with E-state index in [4.69, 9.17) is 5.73 Å². The first-order valence-electron chi connectivity index (χ1n) is 2.47. The van der Waals surface area contributed by atoms with Crippen molar-refractivity contribution in [3.05, 3.63) is 12.7 Å². The Morgan fingerprint density at radius 1 is 1.78 bits per heavy atom. The van der Waals surface area contributed by atoms with Crippen molar-refractivity contribution in [2.45, 2.75) is 6.54 Å². The van der Waals surface area contributed by atoms with Crippen LogP contribution in [0.1, 0.15) is 0 Å². The van der Waals surface area contributed by atoms with Gasteiger partial charge in [-0.1, -0.05) is 11.2 Å². The Morgan fingerprint density at radius 3 is 3.00 bits per heavy atom. The first kappa shape index (κ1) is 5.74. The van der Waals surface area contributed by atoms with E-state index < -0.39 is 0 Å². The molecule has 0 saturated carbocycles. The summed E-state index contributed by atoms with van der Waals surface area (Å²) in [4.78, 5) is 1.36. The molecule has 0 unspecified atom stereocenters. The highest BCUT2D eigenvalue weighted by molar-refractivity contribution is 5.06. The van der Waals surface area contributed by atoms with Gasteiger partial charge in [-0.15, -0.1) is 11.7 Å². The molecule has 1 aromatic heterocycles. The van der Waals surface area contributed by atoms with E-state index in [-0.39, 0.29) is 5.95 Å². The van der Waals surface area contributed by atoms with Gasteiger partial charge in [0, 0.05) is 0 Å². The molecule has 0 radical (unpaired) electrons. The number of allylic oxidation sites excluding steroid dienone is 1. The van der Waals surface area contributed by atoms with Crippen molar-refractivity contribution in [1.29, 1.82) is 0 Å². The Morgan fingerprint density at radius 2 is 2.56 bits per heavy atom. The molecule has 2 N–H and O–H groups in total. The van der Waals surface area contributed by atoms with Gasteiger partial charge >= 0.3 is 0 Å². The number of hydrogen-bond donors (Lipinski definition) is 1. The smallest absolute Gasteiger partial charge is 0.260 e. The first-order chi connectivity index (χ1) is 4.33. The van der Waals surface area contributed by atoms with Gasteiger partial charge in [0.25, 0.3) is 5.95 Å². The van der Waals surface area contributed by atoms with Crippen LogP contribution in [-0.2, 0) is 6.54 Å². The van der Waals surface area contributed by atoms with E-state index >= 15 is 0 Å². The van der Waals surface area contributed by atoms with Gasteiger partial charge in [-0.25, -0.2) is 0 Å². The van der Waals surface area contributed by atoms with E-state index in [0.29, 0.717) is 6.54 Å². The summed E-state index contributed by atoms with van der Waals surface area (Å²) in [6.45, 7) is 4.04. The van der Waals surface area contributed by atoms with E-state index in [1.807, 2.05) is 0 Å². The molecule has 0 aliphatic carbocycles. The maximum atomic E-state index is 5.17. The van der Waals surface area contributed by atoms with E-state index in [2.05, 4.69) is 22.0 Å². The van der Waals surface area contributed by atoms with Crippen LogP contribution in [0.4, 0.5) is 5.95 Å². The second-order valence-electron chi connectivity index (χ2n) is 1.49. The van der Waals surface area contributed by atoms with Crippen molar-refractivity contribution in [1.82, 2.24) is 20.2 Å². The van der Waals surface area contributed by atoms with Crippen molar-refractivity contribution in [3.63, 3.8) is 0 Å². The highest BCUT2D eigenvalue weighted by Crippen LogP contribution is 1.83. The first-order valence-corrected chi connectivity index (χ1v) is 2.47. The minimum atomic E-state index is 0.192. The van der Waals surface area contributed by atoms with E-state index in [1.54, 1.807) is 6.08 Å². The number of rotatable bonds is 2. The van der Waals surface area contributed by atoms with Crippen LogP contribution in [-0.4, -0.2) is 20.2 Å². The predicted octanol–water partition coefficient (Wildman–Crippen LogP) is -0.559. The third-order valence-electron chi connectivity index (χ3n) is 0.761. The van der Waals surface area contributed by atoms with Gasteiger partial charge in [-0.3, -0.25) is 0 Å². The molecule has 0 atom stereocenters. The van der Waals surface area contributed by atoms with Crippen LogP contribution >= 0.6 is 0 Å². The zero-order chi connectivity index (χ0) is 6.69. The molecule has 0 amide bonds. The van der Waals surface area contributed by atoms with E-state index in [0.717, 1.165) is 0 Å². The Balaban J connectivity index is 2.72. The summed E-state index contributed by atoms with van der Waals surface area (Å²) in [6, 6.07) is 0. The summed E-state index contributed by atoms with van der Waals surface area (Å²) in [7, 11) is 0. The van der Waals surface area contributed by atoms with Gasteiger partial charge in [0.1, 0.15) is 0 Å². The van der Waals surface area contributed by atoms with Crippen molar-refractivity contribution < 1.29 is 0 Å². The average Bonchev–Trinajstić information content (AvgIpc) is 2.17. The van der Waals surface area contributed by atoms with Gasteiger partial charge < -0.3 is 5.73 Å². The molecule has 1 rings (SSSR count). The number of hydrogen-bond acceptors (Lipinski definition) is 4. The number of tetrazole rings is 1. The standard InChI is InChI=1S/C4H7N5/c1-2-3-9-7-4(5)6-8-9/h2H,1,3H2,(H2,5,7). The summed E-state index contributed by atoms with van der Waals surface area (Å²) in [5, 5.41) is 10.7. The molecule has 0 aliphatic heterocycles. The highest BCUT2D eigenvalue weighted by Gasteiger charge is 1.91. The fourth-order valence-electron chi connectivity index (χ4n) is 0.449. The minimum Gasteiger partial charge on any atom is -0.365 e. The van der Waals surface area contributed by atoms with Crippen LogP contribution in [0, 0.1) is 0 Å². The second-order valence-corrected chi connectivity index (χ2v) is 1.49. The van der Waals surface area contributed by atoms with Crippen LogP contribution in [0.3, 0.4) is 0 Å². The maximum Gasteiger partial charge on any atom is 0.260 e. The SMILES string of the molecule is C=CCn1nnc(N)n1. The maximum absolute atomic E-state index is 5.17. The largest absolute Gasteiger partial charge is 0.365 e. The third kappa shape index (κ3) is 1.25. The number of nitrogens with two attached hydrogens (primary N) is 1. The highest BCUT2D eigenvalue weighted by atomic mass is 15.6. The lowest BCUT2D eigenvalue weighted by Crippen LogP contribution is -1.99. The molecule has 0 saturated heterocycles. The molecule has 0 spiro atoms. The van der Waals surface area contributed by atoms with Crippen LogP contribution < -0.4 is 5.73 Å². The van der Waals surface area contributed by atoms with Crippen molar-refractivity contribution in [2.75, 3.05) is 5.73 Å². The van der Waals surface area contributed by atoms with Crippen LogP contribution in [0.5, 0.6) is 0 Å².